The van der Waals surface area contributed by atoms with Crippen LogP contribution in [0.3, 0.4) is 0 Å². The van der Waals surface area contributed by atoms with Gasteiger partial charge in [-0.15, -0.1) is 0 Å². The van der Waals surface area contributed by atoms with Crippen molar-refractivity contribution in [2.45, 2.75) is 31.2 Å². The van der Waals surface area contributed by atoms with Crippen LogP contribution in [0.25, 0.3) is 11.1 Å². The molecule has 0 saturated carbocycles. The van der Waals surface area contributed by atoms with E-state index in [2.05, 4.69) is 78.1 Å². The highest BCUT2D eigenvalue weighted by Crippen LogP contribution is 2.51. The fourth-order valence-electron chi connectivity index (χ4n) is 5.79. The molecule has 0 aromatic heterocycles. The van der Waals surface area contributed by atoms with Crippen LogP contribution in [-0.2, 0) is 23.2 Å². The number of fused-ring (bicyclic) bond motifs is 3. The van der Waals surface area contributed by atoms with Crippen LogP contribution in [0.5, 0.6) is 11.5 Å². The van der Waals surface area contributed by atoms with E-state index in [1.54, 1.807) is 0 Å². The lowest BCUT2D eigenvalue weighted by Gasteiger charge is -2.31. The van der Waals surface area contributed by atoms with E-state index in [9.17, 15) is 4.79 Å². The van der Waals surface area contributed by atoms with E-state index in [-0.39, 0.29) is 5.91 Å². The Balaban J connectivity index is 1.25. The first-order chi connectivity index (χ1) is 19.2. The van der Waals surface area contributed by atoms with Gasteiger partial charge in [-0.1, -0.05) is 109 Å². The number of carbonyl (C=O) groups is 1. The van der Waals surface area contributed by atoms with Gasteiger partial charge in [0, 0.05) is 6.54 Å². The van der Waals surface area contributed by atoms with Crippen molar-refractivity contribution in [1.82, 2.24) is 5.32 Å². The summed E-state index contributed by atoms with van der Waals surface area (Å²) < 4.78 is 5.93. The molecule has 192 valence electrons. The summed E-state index contributed by atoms with van der Waals surface area (Å²) in [6, 6.07) is 45.0. The molecular formula is C36H31NO2. The third-order valence-corrected chi connectivity index (χ3v) is 7.67. The van der Waals surface area contributed by atoms with Crippen LogP contribution in [0.15, 0.2) is 133 Å². The molecule has 0 aliphatic heterocycles. The van der Waals surface area contributed by atoms with Gasteiger partial charge in [0.2, 0.25) is 5.91 Å². The van der Waals surface area contributed by atoms with Crippen molar-refractivity contribution in [1.29, 1.82) is 0 Å². The number of rotatable bonds is 9. The number of hydrogen-bond acceptors (Lipinski definition) is 2. The fraction of sp³-hybridized carbons (Fsp3) is 0.139. The smallest absolute Gasteiger partial charge is 0.235 e. The normalized spacial score (nSPS) is 12.8. The quantitative estimate of drug-likeness (QED) is 0.218. The molecule has 0 spiro atoms. The summed E-state index contributed by atoms with van der Waals surface area (Å²) >= 11 is 0. The van der Waals surface area contributed by atoms with Gasteiger partial charge < -0.3 is 10.1 Å². The van der Waals surface area contributed by atoms with Gasteiger partial charge in [-0.2, -0.15) is 0 Å². The highest BCUT2D eigenvalue weighted by molar-refractivity contribution is 6.00. The zero-order valence-corrected chi connectivity index (χ0v) is 21.8. The van der Waals surface area contributed by atoms with Gasteiger partial charge in [-0.25, -0.2) is 0 Å². The second-order valence-corrected chi connectivity index (χ2v) is 10.1. The lowest BCUT2D eigenvalue weighted by molar-refractivity contribution is -0.125. The maximum atomic E-state index is 14.3. The number of nitrogens with one attached hydrogen (secondary N) is 1. The predicted octanol–water partition coefficient (Wildman–Crippen LogP) is 8.08. The summed E-state index contributed by atoms with van der Waals surface area (Å²) in [6.07, 6.45) is 2.58. The Labute approximate surface area is 230 Å². The van der Waals surface area contributed by atoms with Crippen LogP contribution in [-0.4, -0.2) is 5.91 Å². The molecule has 39 heavy (non-hydrogen) atoms. The van der Waals surface area contributed by atoms with Crippen molar-refractivity contribution in [3.63, 3.8) is 0 Å². The minimum absolute atomic E-state index is 0.0533. The number of aryl methyl sites for hydroxylation is 1. The maximum Gasteiger partial charge on any atom is 0.235 e. The molecule has 5 aromatic rings. The maximum absolute atomic E-state index is 14.3. The molecule has 0 heterocycles. The van der Waals surface area contributed by atoms with Crippen LogP contribution in [0.1, 0.15) is 35.1 Å². The molecule has 0 bridgehead atoms. The molecule has 0 atom stereocenters. The number of hydrogen-bond donors (Lipinski definition) is 1. The van der Waals surface area contributed by atoms with Crippen molar-refractivity contribution >= 4 is 5.91 Å². The Kier molecular flexibility index (Phi) is 6.97. The van der Waals surface area contributed by atoms with Crippen LogP contribution in [0.4, 0.5) is 0 Å². The summed E-state index contributed by atoms with van der Waals surface area (Å²) in [6.45, 7) is 0.454. The first-order valence-electron chi connectivity index (χ1n) is 13.6. The average molecular weight is 510 g/mol. The highest BCUT2D eigenvalue weighted by atomic mass is 16.5. The van der Waals surface area contributed by atoms with Crippen LogP contribution < -0.4 is 10.1 Å². The van der Waals surface area contributed by atoms with E-state index in [4.69, 9.17) is 4.74 Å². The van der Waals surface area contributed by atoms with Gasteiger partial charge in [0.1, 0.15) is 16.9 Å². The standard InChI is InChI=1S/C36H31NO2/c38-35(37-26-28-21-23-30(24-22-28)39-29-15-5-2-6-16-29)36(25-11-14-27-12-3-1-4-13-27)33-19-9-7-17-31(33)32-18-8-10-20-34(32)36/h1-10,12-13,15-24H,11,14,25-26H2,(H,37,38). The summed E-state index contributed by atoms with van der Waals surface area (Å²) in [4.78, 5) is 14.3. The van der Waals surface area contributed by atoms with E-state index in [0.717, 1.165) is 58.6 Å². The monoisotopic (exact) mass is 509 g/mol. The Morgan fingerprint density at radius 3 is 1.77 bits per heavy atom. The summed E-state index contributed by atoms with van der Waals surface area (Å²) in [5.74, 6) is 1.62. The van der Waals surface area contributed by atoms with E-state index in [1.165, 1.54) is 5.56 Å². The molecule has 1 N–H and O–H groups in total. The van der Waals surface area contributed by atoms with Crippen molar-refractivity contribution in [3.05, 3.63) is 156 Å². The van der Waals surface area contributed by atoms with Crippen molar-refractivity contribution in [2.24, 2.45) is 0 Å². The number of carbonyl (C=O) groups excluding carboxylic acids is 1. The van der Waals surface area contributed by atoms with Crippen LogP contribution in [0, 0.1) is 0 Å². The van der Waals surface area contributed by atoms with Crippen LogP contribution >= 0.6 is 0 Å². The van der Waals surface area contributed by atoms with Gasteiger partial charge in [0.05, 0.1) is 0 Å². The molecule has 0 radical (unpaired) electrons. The largest absolute Gasteiger partial charge is 0.457 e. The Hall–Kier alpha value is -4.63. The number of amides is 1. The van der Waals surface area contributed by atoms with E-state index in [1.807, 2.05) is 60.7 Å². The number of ether oxygens (including phenoxy) is 1. The van der Waals surface area contributed by atoms with Gasteiger partial charge in [-0.05, 0) is 76.9 Å². The molecule has 3 heteroatoms. The van der Waals surface area contributed by atoms with Crippen molar-refractivity contribution < 1.29 is 9.53 Å². The second kappa shape index (κ2) is 11.0. The van der Waals surface area contributed by atoms with Gasteiger partial charge in [0.25, 0.3) is 0 Å². The number of para-hydroxylation sites is 1. The molecule has 0 fully saturated rings. The zero-order chi connectivity index (χ0) is 26.5. The van der Waals surface area contributed by atoms with Crippen molar-refractivity contribution in [3.8, 4) is 22.6 Å². The SMILES string of the molecule is O=C(NCc1ccc(Oc2ccccc2)cc1)C1(CCCc2ccccc2)c2ccccc2-c2ccccc21. The molecule has 1 amide bonds. The topological polar surface area (TPSA) is 38.3 Å². The zero-order valence-electron chi connectivity index (χ0n) is 21.8. The highest BCUT2D eigenvalue weighted by Gasteiger charge is 2.48. The van der Waals surface area contributed by atoms with E-state index >= 15 is 0 Å². The molecule has 1 aliphatic carbocycles. The Morgan fingerprint density at radius 1 is 0.590 bits per heavy atom. The summed E-state index contributed by atoms with van der Waals surface area (Å²) in [7, 11) is 0. The molecular weight excluding hydrogens is 478 g/mol. The minimum Gasteiger partial charge on any atom is -0.457 e. The average Bonchev–Trinajstić information content (AvgIpc) is 3.28. The van der Waals surface area contributed by atoms with Gasteiger partial charge in [-0.3, -0.25) is 4.79 Å². The third-order valence-electron chi connectivity index (χ3n) is 7.67. The van der Waals surface area contributed by atoms with Gasteiger partial charge >= 0.3 is 0 Å². The summed E-state index contributed by atoms with van der Waals surface area (Å²) in [5, 5.41) is 3.30. The molecule has 0 unspecified atom stereocenters. The Bertz CT molecular complexity index is 1510. The fourth-order valence-corrected chi connectivity index (χ4v) is 5.79. The first kappa shape index (κ1) is 24.7. The molecule has 1 aliphatic rings. The summed E-state index contributed by atoms with van der Waals surface area (Å²) in [5.41, 5.74) is 6.12. The van der Waals surface area contributed by atoms with Crippen LogP contribution in [0.2, 0.25) is 0 Å². The lowest BCUT2D eigenvalue weighted by Crippen LogP contribution is -2.44. The van der Waals surface area contributed by atoms with Crippen molar-refractivity contribution in [2.75, 3.05) is 0 Å². The van der Waals surface area contributed by atoms with Gasteiger partial charge in [0.15, 0.2) is 0 Å². The molecule has 3 nitrogen and oxygen atoms in total. The molecule has 0 saturated heterocycles. The predicted molar refractivity (Wildman–Crippen MR) is 157 cm³/mol. The molecule has 6 rings (SSSR count). The molecule has 5 aromatic carbocycles. The second-order valence-electron chi connectivity index (χ2n) is 10.1. The van der Waals surface area contributed by atoms with E-state index < -0.39 is 5.41 Å². The minimum atomic E-state index is -0.724. The van der Waals surface area contributed by atoms with E-state index in [0.29, 0.717) is 6.54 Å². The Morgan fingerprint density at radius 2 is 1.13 bits per heavy atom. The first-order valence-corrected chi connectivity index (χ1v) is 13.6. The third kappa shape index (κ3) is 4.96. The lowest BCUT2D eigenvalue weighted by atomic mass is 9.73. The number of benzene rings is 5.